The van der Waals surface area contributed by atoms with Gasteiger partial charge in [-0.25, -0.2) is 4.99 Å². The zero-order chi connectivity index (χ0) is 18.9. The molecule has 0 atom stereocenters. The molecule has 0 unspecified atom stereocenters. The summed E-state index contributed by atoms with van der Waals surface area (Å²) in [6.45, 7) is 0. The van der Waals surface area contributed by atoms with Crippen molar-refractivity contribution in [1.82, 2.24) is 0 Å². The van der Waals surface area contributed by atoms with Crippen molar-refractivity contribution in [2.45, 2.75) is 6.18 Å². The van der Waals surface area contributed by atoms with Crippen molar-refractivity contribution in [3.63, 3.8) is 0 Å². The molecule has 0 fully saturated rings. The summed E-state index contributed by atoms with van der Waals surface area (Å²) in [6, 6.07) is 10.8. The summed E-state index contributed by atoms with van der Waals surface area (Å²) < 4.78 is 45.8. The predicted molar refractivity (Wildman–Crippen MR) is 92.0 cm³/mol. The molecule has 0 bridgehead atoms. The normalized spacial score (nSPS) is 12.2. The third-order valence-corrected chi connectivity index (χ3v) is 4.57. The molecule has 2 heterocycles. The highest BCUT2D eigenvalue weighted by atomic mass is 32.1. The minimum Gasteiger partial charge on any atom is -0.454 e. The second-order valence-corrected chi connectivity index (χ2v) is 6.25. The number of nitriles is 1. The summed E-state index contributed by atoms with van der Waals surface area (Å²) in [5.74, 6) is -0.420. The van der Waals surface area contributed by atoms with Gasteiger partial charge in [-0.1, -0.05) is 29.5 Å². The minimum atomic E-state index is -4.76. The quantitative estimate of drug-likeness (QED) is 0.491. The number of amides is 1. The number of fused-ring (bicyclic) bond motifs is 1. The highest BCUT2D eigenvalue weighted by Crippen LogP contribution is 2.38. The summed E-state index contributed by atoms with van der Waals surface area (Å²) in [5, 5.41) is 9.78. The molecule has 1 amide bonds. The molecule has 0 radical (unpaired) electrons. The number of rotatable bonds is 4. The molecule has 9 heteroatoms. The van der Waals surface area contributed by atoms with Crippen molar-refractivity contribution in [2.24, 2.45) is 4.99 Å². The lowest BCUT2D eigenvalue weighted by molar-refractivity contribution is -0.107. The highest BCUT2D eigenvalue weighted by molar-refractivity contribution is 7.20. The van der Waals surface area contributed by atoms with Crippen molar-refractivity contribution in [3.05, 3.63) is 47.7 Å². The molecule has 0 aliphatic rings. The number of furan rings is 1. The van der Waals surface area contributed by atoms with Crippen LogP contribution in [0.1, 0.15) is 11.3 Å². The van der Waals surface area contributed by atoms with E-state index in [-0.39, 0.29) is 15.6 Å². The van der Waals surface area contributed by atoms with Gasteiger partial charge in [0.05, 0.1) is 5.56 Å². The Morgan fingerprint density at radius 1 is 1.35 bits per heavy atom. The Kier molecular flexibility index (Phi) is 4.52. The van der Waals surface area contributed by atoms with Crippen LogP contribution in [0.15, 0.2) is 45.8 Å². The van der Waals surface area contributed by atoms with E-state index in [9.17, 15) is 18.0 Å². The van der Waals surface area contributed by atoms with Crippen LogP contribution >= 0.6 is 11.3 Å². The second kappa shape index (κ2) is 6.65. The Labute approximate surface area is 149 Å². The molecule has 0 aliphatic carbocycles. The lowest BCUT2D eigenvalue weighted by Gasteiger charge is -2.07. The van der Waals surface area contributed by atoms with Crippen LogP contribution in [0.4, 0.5) is 23.2 Å². The molecule has 0 N–H and O–H groups in total. The average molecular weight is 377 g/mol. The van der Waals surface area contributed by atoms with Crippen molar-refractivity contribution < 1.29 is 22.4 Å². The molecule has 26 heavy (non-hydrogen) atoms. The van der Waals surface area contributed by atoms with E-state index in [4.69, 9.17) is 9.68 Å². The van der Waals surface area contributed by atoms with Gasteiger partial charge in [0.25, 0.3) is 0 Å². The zero-order valence-corrected chi connectivity index (χ0v) is 14.1. The number of hydrogen-bond donors (Lipinski definition) is 0. The number of thiophene rings is 1. The Hall–Kier alpha value is -3.12. The van der Waals surface area contributed by atoms with E-state index >= 15 is 0 Å². The van der Waals surface area contributed by atoms with Gasteiger partial charge in [0, 0.05) is 12.4 Å². The second-order valence-electron chi connectivity index (χ2n) is 5.24. The highest BCUT2D eigenvalue weighted by Gasteiger charge is 2.39. The van der Waals surface area contributed by atoms with Crippen LogP contribution in [0.5, 0.6) is 0 Å². The molecule has 0 spiro atoms. The Balaban J connectivity index is 2.13. The van der Waals surface area contributed by atoms with E-state index in [0.29, 0.717) is 17.4 Å². The van der Waals surface area contributed by atoms with E-state index in [1.165, 1.54) is 19.2 Å². The average Bonchev–Trinajstić information content (AvgIpc) is 3.21. The number of anilines is 1. The maximum absolute atomic E-state index is 13.5. The number of carbonyl (C=O) groups is 1. The minimum absolute atomic E-state index is 0.0574. The summed E-state index contributed by atoms with van der Waals surface area (Å²) >= 11 is 0.806. The predicted octanol–water partition coefficient (Wildman–Crippen LogP) is 4.64. The maximum atomic E-state index is 13.5. The van der Waals surface area contributed by atoms with Crippen molar-refractivity contribution in [1.29, 1.82) is 5.26 Å². The van der Waals surface area contributed by atoms with Gasteiger partial charge in [0.1, 0.15) is 21.7 Å². The van der Waals surface area contributed by atoms with E-state index in [1.807, 2.05) is 6.07 Å². The van der Waals surface area contributed by atoms with Gasteiger partial charge in [-0.05, 0) is 18.2 Å². The van der Waals surface area contributed by atoms with E-state index in [2.05, 4.69) is 4.99 Å². The van der Waals surface area contributed by atoms with Gasteiger partial charge in [0.2, 0.25) is 6.41 Å². The third-order valence-electron chi connectivity index (χ3n) is 3.45. The van der Waals surface area contributed by atoms with E-state index in [1.54, 1.807) is 24.3 Å². The van der Waals surface area contributed by atoms with Crippen LogP contribution in [0, 0.1) is 11.3 Å². The van der Waals surface area contributed by atoms with Crippen LogP contribution in [0.25, 0.3) is 11.0 Å². The van der Waals surface area contributed by atoms with Gasteiger partial charge in [-0.15, -0.1) is 0 Å². The zero-order valence-electron chi connectivity index (χ0n) is 13.2. The first-order valence-corrected chi connectivity index (χ1v) is 8.02. The van der Waals surface area contributed by atoms with Crippen molar-refractivity contribution in [3.8, 4) is 6.07 Å². The molecule has 0 saturated carbocycles. The fourth-order valence-corrected chi connectivity index (χ4v) is 3.19. The number of alkyl halides is 3. The first-order chi connectivity index (χ1) is 12.3. The number of aliphatic imine (C=N–C) groups is 1. The molecular formula is C17H10F3N3O2S. The molecule has 0 aliphatic heterocycles. The van der Waals surface area contributed by atoms with Crippen molar-refractivity contribution in [2.75, 3.05) is 11.9 Å². The molecule has 1 aromatic carbocycles. The smallest absolute Gasteiger partial charge is 0.437 e. The number of para-hydroxylation sites is 1. The topological polar surface area (TPSA) is 69.6 Å². The van der Waals surface area contributed by atoms with Gasteiger partial charge >= 0.3 is 6.18 Å². The fraction of sp³-hybridized carbons (Fsp3) is 0.118. The standard InChI is InChI=1S/C17H10F3N3O2S/c1-23(9-24)16-11(8-21)7-14(26-16)22-15(17(18,19)20)13-6-10-4-2-3-5-12(10)25-13/h2-7,9H,1H3/b22-15-. The summed E-state index contributed by atoms with van der Waals surface area (Å²) in [7, 11) is 1.40. The molecule has 3 aromatic rings. The number of nitrogens with zero attached hydrogens (tertiary/aromatic N) is 3. The SMILES string of the molecule is CN(C=O)c1sc(/N=C(/c2cc3ccccc3o2)C(F)(F)F)cc1C#N. The molecular weight excluding hydrogens is 367 g/mol. The van der Waals surface area contributed by atoms with Crippen molar-refractivity contribution >= 4 is 44.4 Å². The summed E-state index contributed by atoms with van der Waals surface area (Å²) in [5.41, 5.74) is -0.834. The summed E-state index contributed by atoms with van der Waals surface area (Å²) in [6.07, 6.45) is -4.30. The molecule has 3 rings (SSSR count). The van der Waals surface area contributed by atoms with Gasteiger partial charge in [-0.3, -0.25) is 4.79 Å². The third kappa shape index (κ3) is 3.32. The first-order valence-electron chi connectivity index (χ1n) is 7.20. The molecule has 5 nitrogen and oxygen atoms in total. The van der Waals surface area contributed by atoms with E-state index < -0.39 is 17.6 Å². The Bertz CT molecular complexity index is 1010. The van der Waals surface area contributed by atoms with Gasteiger partial charge < -0.3 is 9.32 Å². The van der Waals surface area contributed by atoms with Crippen LogP contribution in [-0.4, -0.2) is 25.3 Å². The first kappa shape index (κ1) is 17.7. The Morgan fingerprint density at radius 3 is 2.69 bits per heavy atom. The van der Waals surface area contributed by atoms with E-state index in [0.717, 1.165) is 16.2 Å². The monoisotopic (exact) mass is 377 g/mol. The lowest BCUT2D eigenvalue weighted by Crippen LogP contribution is -2.23. The number of benzene rings is 1. The number of carbonyl (C=O) groups excluding carboxylic acids is 1. The fourth-order valence-electron chi connectivity index (χ4n) is 2.28. The Morgan fingerprint density at radius 2 is 2.08 bits per heavy atom. The van der Waals surface area contributed by atoms with Crippen LogP contribution in [0.3, 0.4) is 0 Å². The van der Waals surface area contributed by atoms with Gasteiger partial charge in [0.15, 0.2) is 11.5 Å². The molecule has 2 aromatic heterocycles. The number of halogens is 3. The van der Waals surface area contributed by atoms with Crippen LogP contribution in [-0.2, 0) is 4.79 Å². The molecule has 0 saturated heterocycles. The van der Waals surface area contributed by atoms with Crippen LogP contribution < -0.4 is 4.90 Å². The lowest BCUT2D eigenvalue weighted by atomic mass is 10.2. The number of hydrogen-bond acceptors (Lipinski definition) is 5. The van der Waals surface area contributed by atoms with Gasteiger partial charge in [-0.2, -0.15) is 18.4 Å². The maximum Gasteiger partial charge on any atom is 0.437 e. The van der Waals surface area contributed by atoms with Crippen LogP contribution in [0.2, 0.25) is 0 Å². The molecule has 132 valence electrons. The summed E-state index contributed by atoms with van der Waals surface area (Å²) in [4.78, 5) is 15.6. The largest absolute Gasteiger partial charge is 0.454 e.